The maximum atomic E-state index is 13.4. The number of ether oxygens (including phenoxy) is 1. The van der Waals surface area contributed by atoms with Crippen LogP contribution in [0.2, 0.25) is 0 Å². The van der Waals surface area contributed by atoms with Crippen LogP contribution in [0.1, 0.15) is 25.3 Å². The van der Waals surface area contributed by atoms with Crippen LogP contribution >= 0.6 is 0 Å². The topological polar surface area (TPSA) is 38.5 Å². The van der Waals surface area contributed by atoms with E-state index in [1.807, 2.05) is 6.07 Å². The van der Waals surface area contributed by atoms with E-state index in [1.165, 1.54) is 12.5 Å². The minimum absolute atomic E-state index is 0.161. The summed E-state index contributed by atoms with van der Waals surface area (Å²) in [6.45, 7) is 5.40. The highest BCUT2D eigenvalue weighted by Crippen LogP contribution is 2.23. The maximum Gasteiger partial charge on any atom is 0.123 e. The van der Waals surface area contributed by atoms with Gasteiger partial charge in [0.2, 0.25) is 0 Å². The van der Waals surface area contributed by atoms with Gasteiger partial charge in [-0.05, 0) is 56.8 Å². The van der Waals surface area contributed by atoms with Gasteiger partial charge in [-0.3, -0.25) is 4.90 Å². The number of halogens is 1. The highest BCUT2D eigenvalue weighted by Gasteiger charge is 2.30. The third kappa shape index (κ3) is 4.50. The molecule has 1 fully saturated rings. The second-order valence-electron chi connectivity index (χ2n) is 6.47. The monoisotopic (exact) mass is 294 g/mol. The zero-order chi connectivity index (χ0) is 15.3. The Hall–Kier alpha value is -0.970. The first-order valence-corrected chi connectivity index (χ1v) is 7.77. The Balaban J connectivity index is 2.01. The van der Waals surface area contributed by atoms with Gasteiger partial charge in [0.15, 0.2) is 0 Å². The summed E-state index contributed by atoms with van der Waals surface area (Å²) in [7, 11) is 2.11. The molecule has 0 amide bonds. The zero-order valence-electron chi connectivity index (χ0n) is 13.1. The van der Waals surface area contributed by atoms with Crippen molar-refractivity contribution in [3.05, 3.63) is 35.6 Å². The molecule has 3 nitrogen and oxygen atoms in total. The quantitative estimate of drug-likeness (QED) is 0.876. The van der Waals surface area contributed by atoms with Gasteiger partial charge in [-0.15, -0.1) is 0 Å². The molecule has 1 aromatic carbocycles. The van der Waals surface area contributed by atoms with E-state index in [9.17, 15) is 4.39 Å². The third-order valence-electron chi connectivity index (χ3n) is 4.62. The fraction of sp³-hybridized carbons (Fsp3) is 0.647. The fourth-order valence-corrected chi connectivity index (χ4v) is 3.01. The molecule has 4 heteroatoms. The Morgan fingerprint density at radius 2 is 2.29 bits per heavy atom. The van der Waals surface area contributed by atoms with Crippen LogP contribution in [0, 0.1) is 11.7 Å². The Labute approximate surface area is 127 Å². The lowest BCUT2D eigenvalue weighted by Crippen LogP contribution is -2.53. The normalized spacial score (nSPS) is 22.2. The van der Waals surface area contributed by atoms with Crippen molar-refractivity contribution in [3.63, 3.8) is 0 Å². The molecule has 21 heavy (non-hydrogen) atoms. The van der Waals surface area contributed by atoms with E-state index in [0.29, 0.717) is 12.5 Å². The summed E-state index contributed by atoms with van der Waals surface area (Å²) in [5, 5.41) is 0. The summed E-state index contributed by atoms with van der Waals surface area (Å²) < 4.78 is 18.9. The van der Waals surface area contributed by atoms with E-state index in [0.717, 1.165) is 38.2 Å². The number of benzene rings is 1. The molecule has 1 heterocycles. The van der Waals surface area contributed by atoms with Crippen LogP contribution < -0.4 is 5.73 Å². The molecule has 0 saturated carbocycles. The largest absolute Gasteiger partial charge is 0.381 e. The van der Waals surface area contributed by atoms with Crippen molar-refractivity contribution in [3.8, 4) is 0 Å². The number of rotatable bonds is 6. The smallest absolute Gasteiger partial charge is 0.123 e. The van der Waals surface area contributed by atoms with Crippen LogP contribution in [-0.4, -0.2) is 43.8 Å². The number of likely N-dealkylation sites (N-methyl/N-ethyl adjacent to an activating group) is 1. The summed E-state index contributed by atoms with van der Waals surface area (Å²) >= 11 is 0. The molecule has 2 rings (SSSR count). The van der Waals surface area contributed by atoms with Gasteiger partial charge < -0.3 is 10.5 Å². The molecule has 0 aromatic heterocycles. The molecule has 0 aliphatic carbocycles. The van der Waals surface area contributed by atoms with E-state index in [2.05, 4.69) is 18.9 Å². The molecule has 1 aliphatic rings. The average molecular weight is 294 g/mol. The van der Waals surface area contributed by atoms with Crippen molar-refractivity contribution < 1.29 is 9.13 Å². The van der Waals surface area contributed by atoms with Crippen molar-refractivity contribution >= 4 is 0 Å². The molecule has 2 atom stereocenters. The van der Waals surface area contributed by atoms with Crippen LogP contribution in [-0.2, 0) is 11.2 Å². The lowest BCUT2D eigenvalue weighted by atomic mass is 9.89. The molecule has 2 unspecified atom stereocenters. The molecule has 0 bridgehead atoms. The highest BCUT2D eigenvalue weighted by atomic mass is 19.1. The molecule has 0 radical (unpaired) electrons. The van der Waals surface area contributed by atoms with Gasteiger partial charge in [0.25, 0.3) is 0 Å². The van der Waals surface area contributed by atoms with Crippen molar-refractivity contribution in [1.29, 1.82) is 0 Å². The lowest BCUT2D eigenvalue weighted by molar-refractivity contribution is 0.0239. The van der Waals surface area contributed by atoms with Crippen LogP contribution in [0.5, 0.6) is 0 Å². The Morgan fingerprint density at radius 1 is 1.48 bits per heavy atom. The summed E-state index contributed by atoms with van der Waals surface area (Å²) in [6.07, 6.45) is 3.11. The summed E-state index contributed by atoms with van der Waals surface area (Å²) in [4.78, 5) is 2.32. The average Bonchev–Trinajstić information content (AvgIpc) is 2.48. The SMILES string of the molecule is CN(CC1CCCOC1)C(C)(CN)Cc1cccc(F)c1. The Bertz CT molecular complexity index is 448. The summed E-state index contributed by atoms with van der Waals surface area (Å²) in [5.74, 6) is 0.386. The Morgan fingerprint density at radius 3 is 2.90 bits per heavy atom. The van der Waals surface area contributed by atoms with Gasteiger partial charge in [0.05, 0.1) is 6.61 Å². The second-order valence-corrected chi connectivity index (χ2v) is 6.47. The number of nitrogens with two attached hydrogens (primary N) is 1. The molecule has 1 aliphatic heterocycles. The molecular weight excluding hydrogens is 267 g/mol. The highest BCUT2D eigenvalue weighted by molar-refractivity contribution is 5.19. The van der Waals surface area contributed by atoms with Gasteiger partial charge >= 0.3 is 0 Å². The second kappa shape index (κ2) is 7.34. The number of hydrogen-bond acceptors (Lipinski definition) is 3. The number of nitrogens with zero attached hydrogens (tertiary/aromatic N) is 1. The summed E-state index contributed by atoms with van der Waals surface area (Å²) in [6, 6.07) is 6.81. The Kier molecular flexibility index (Phi) is 5.73. The molecule has 1 saturated heterocycles. The van der Waals surface area contributed by atoms with Crippen molar-refractivity contribution in [2.75, 3.05) is 33.4 Å². The minimum atomic E-state index is -0.185. The first-order chi connectivity index (χ1) is 10.0. The van der Waals surface area contributed by atoms with Crippen LogP contribution in [0.3, 0.4) is 0 Å². The van der Waals surface area contributed by atoms with Gasteiger partial charge in [0.1, 0.15) is 5.82 Å². The number of hydrogen-bond donors (Lipinski definition) is 1. The minimum Gasteiger partial charge on any atom is -0.381 e. The van der Waals surface area contributed by atoms with Crippen molar-refractivity contribution in [2.24, 2.45) is 11.7 Å². The lowest BCUT2D eigenvalue weighted by Gasteiger charge is -2.40. The molecule has 118 valence electrons. The first kappa shape index (κ1) is 16.4. The van der Waals surface area contributed by atoms with Crippen LogP contribution in [0.4, 0.5) is 4.39 Å². The predicted octanol–water partition coefficient (Wildman–Crippen LogP) is 2.44. The van der Waals surface area contributed by atoms with E-state index in [4.69, 9.17) is 10.5 Å². The first-order valence-electron chi connectivity index (χ1n) is 7.77. The van der Waals surface area contributed by atoms with E-state index in [-0.39, 0.29) is 11.4 Å². The van der Waals surface area contributed by atoms with Crippen LogP contribution in [0.15, 0.2) is 24.3 Å². The van der Waals surface area contributed by atoms with E-state index >= 15 is 0 Å². The third-order valence-corrected chi connectivity index (χ3v) is 4.62. The van der Waals surface area contributed by atoms with Gasteiger partial charge in [-0.1, -0.05) is 12.1 Å². The standard InChI is InChI=1S/C17H27FN2O/c1-17(13-19,10-14-5-3-7-16(18)9-14)20(2)11-15-6-4-8-21-12-15/h3,5,7,9,15H,4,6,8,10-13,19H2,1-2H3. The van der Waals surface area contributed by atoms with Gasteiger partial charge in [-0.2, -0.15) is 0 Å². The summed E-state index contributed by atoms with van der Waals surface area (Å²) in [5.41, 5.74) is 6.87. The molecule has 0 spiro atoms. The maximum absolute atomic E-state index is 13.4. The van der Waals surface area contributed by atoms with Crippen molar-refractivity contribution in [1.82, 2.24) is 4.90 Å². The van der Waals surface area contributed by atoms with Gasteiger partial charge in [0, 0.05) is 25.2 Å². The zero-order valence-corrected chi connectivity index (χ0v) is 13.1. The van der Waals surface area contributed by atoms with E-state index in [1.54, 1.807) is 12.1 Å². The van der Waals surface area contributed by atoms with E-state index < -0.39 is 0 Å². The fourth-order valence-electron chi connectivity index (χ4n) is 3.01. The molecular formula is C17H27FN2O. The molecule has 2 N–H and O–H groups in total. The van der Waals surface area contributed by atoms with Crippen LogP contribution in [0.25, 0.3) is 0 Å². The predicted molar refractivity (Wildman–Crippen MR) is 83.7 cm³/mol. The molecule has 1 aromatic rings. The van der Waals surface area contributed by atoms with Crippen molar-refractivity contribution in [2.45, 2.75) is 31.7 Å². The van der Waals surface area contributed by atoms with Gasteiger partial charge in [-0.25, -0.2) is 4.39 Å².